The molecule has 0 saturated carbocycles. The van der Waals surface area contributed by atoms with Crippen molar-refractivity contribution in [3.05, 3.63) is 87.4 Å². The molecule has 2 aromatic carbocycles. The molecule has 0 amide bonds. The highest BCUT2D eigenvalue weighted by molar-refractivity contribution is 6.42. The van der Waals surface area contributed by atoms with E-state index in [0.29, 0.717) is 16.6 Å². The number of hydrogen-bond acceptors (Lipinski definition) is 2. The first kappa shape index (κ1) is 21.4. The van der Waals surface area contributed by atoms with E-state index in [-0.39, 0.29) is 11.7 Å². The number of benzene rings is 2. The van der Waals surface area contributed by atoms with Gasteiger partial charge in [0, 0.05) is 30.4 Å². The first-order valence-electron chi connectivity index (χ1n) is 8.89. The Labute approximate surface area is 176 Å². The minimum atomic E-state index is -4.63. The molecule has 0 aliphatic rings. The molecule has 0 radical (unpaired) electrons. The van der Waals surface area contributed by atoms with Crippen molar-refractivity contribution in [3.63, 3.8) is 0 Å². The molecule has 1 heterocycles. The largest absolute Gasteiger partial charge is 0.417 e. The van der Waals surface area contributed by atoms with Gasteiger partial charge in [0.05, 0.1) is 15.6 Å². The van der Waals surface area contributed by atoms with E-state index in [1.807, 2.05) is 13.0 Å². The maximum absolute atomic E-state index is 13.3. The van der Waals surface area contributed by atoms with Crippen LogP contribution in [0.2, 0.25) is 10.0 Å². The molecule has 0 saturated heterocycles. The number of aromatic nitrogens is 2. The van der Waals surface area contributed by atoms with E-state index in [0.717, 1.165) is 18.1 Å². The molecule has 0 aliphatic heterocycles. The summed E-state index contributed by atoms with van der Waals surface area (Å²) in [6, 6.07) is 10.0. The lowest BCUT2D eigenvalue weighted by Crippen LogP contribution is -2.19. The van der Waals surface area contributed by atoms with Gasteiger partial charge in [0.1, 0.15) is 0 Å². The summed E-state index contributed by atoms with van der Waals surface area (Å²) in [4.78, 5) is 16.9. The van der Waals surface area contributed by atoms with Crippen molar-refractivity contribution in [3.8, 4) is 0 Å². The zero-order chi connectivity index (χ0) is 21.2. The Kier molecular flexibility index (Phi) is 6.34. The van der Waals surface area contributed by atoms with E-state index >= 15 is 0 Å². The molecule has 0 spiro atoms. The van der Waals surface area contributed by atoms with Crippen molar-refractivity contribution in [1.29, 1.82) is 0 Å². The Balaban J connectivity index is 1.93. The molecule has 8 heteroatoms. The van der Waals surface area contributed by atoms with Crippen LogP contribution in [0.25, 0.3) is 0 Å². The second kappa shape index (κ2) is 8.59. The number of carbonyl (C=O) groups excluding carboxylic acids is 1. The van der Waals surface area contributed by atoms with Crippen molar-refractivity contribution < 1.29 is 18.0 Å². The molecular weight excluding hydrogens is 424 g/mol. The third-order valence-corrected chi connectivity index (χ3v) is 5.46. The Morgan fingerprint density at radius 2 is 1.86 bits per heavy atom. The van der Waals surface area contributed by atoms with Crippen LogP contribution in [0.5, 0.6) is 0 Å². The summed E-state index contributed by atoms with van der Waals surface area (Å²) in [5.41, 5.74) is -0.476. The van der Waals surface area contributed by atoms with Crippen molar-refractivity contribution in [2.75, 3.05) is 0 Å². The summed E-state index contributed by atoms with van der Waals surface area (Å²) >= 11 is 12.1. The number of nitrogens with zero attached hydrogens (tertiary/aromatic N) is 2. The number of hydrogen-bond donors (Lipinski definition) is 0. The Morgan fingerprint density at radius 3 is 2.52 bits per heavy atom. The standard InChI is InChI=1S/C21H17Cl2F3N2O/c1-2-13(14-7-8-17(22)18(23)11-14)12-28-10-9-27-20(28)19(29)15-5-3-4-6-16(15)21(24,25)26/h3-11,13H,2,12H2,1H3. The molecular formula is C21H17Cl2F3N2O. The lowest BCUT2D eigenvalue weighted by Gasteiger charge is -2.18. The summed E-state index contributed by atoms with van der Waals surface area (Å²) in [5, 5.41) is 0.858. The zero-order valence-electron chi connectivity index (χ0n) is 15.4. The Morgan fingerprint density at radius 1 is 1.14 bits per heavy atom. The van der Waals surface area contributed by atoms with Gasteiger partial charge in [0.15, 0.2) is 5.82 Å². The molecule has 3 nitrogen and oxygen atoms in total. The molecule has 0 N–H and O–H groups in total. The average Bonchev–Trinajstić information content (AvgIpc) is 3.15. The van der Waals surface area contributed by atoms with Crippen LogP contribution in [0.4, 0.5) is 13.2 Å². The molecule has 1 unspecified atom stereocenters. The van der Waals surface area contributed by atoms with Gasteiger partial charge in [0.2, 0.25) is 5.78 Å². The molecule has 3 rings (SSSR count). The monoisotopic (exact) mass is 440 g/mol. The summed E-state index contributed by atoms with van der Waals surface area (Å²) < 4.78 is 41.5. The van der Waals surface area contributed by atoms with Crippen LogP contribution in [0.15, 0.2) is 54.9 Å². The number of rotatable bonds is 6. The number of alkyl halides is 3. The first-order chi connectivity index (χ1) is 13.7. The Bertz CT molecular complexity index is 1030. The van der Waals surface area contributed by atoms with Crippen LogP contribution in [-0.2, 0) is 12.7 Å². The highest BCUT2D eigenvalue weighted by Crippen LogP contribution is 2.33. The van der Waals surface area contributed by atoms with Gasteiger partial charge in [-0.25, -0.2) is 4.98 Å². The van der Waals surface area contributed by atoms with Gasteiger partial charge < -0.3 is 4.57 Å². The molecule has 29 heavy (non-hydrogen) atoms. The van der Waals surface area contributed by atoms with E-state index in [1.54, 1.807) is 22.9 Å². The van der Waals surface area contributed by atoms with Gasteiger partial charge in [-0.05, 0) is 30.2 Å². The van der Waals surface area contributed by atoms with Gasteiger partial charge in [-0.2, -0.15) is 13.2 Å². The maximum atomic E-state index is 13.3. The van der Waals surface area contributed by atoms with E-state index in [1.165, 1.54) is 24.4 Å². The highest BCUT2D eigenvalue weighted by atomic mass is 35.5. The number of carbonyl (C=O) groups is 1. The van der Waals surface area contributed by atoms with E-state index < -0.39 is 23.1 Å². The minimum absolute atomic E-state index is 0.0247. The lowest BCUT2D eigenvalue weighted by molar-refractivity contribution is -0.137. The second-order valence-corrected chi connectivity index (χ2v) is 7.37. The second-order valence-electron chi connectivity index (χ2n) is 6.55. The van der Waals surface area contributed by atoms with Crippen LogP contribution in [-0.4, -0.2) is 15.3 Å². The molecule has 152 valence electrons. The van der Waals surface area contributed by atoms with Gasteiger partial charge >= 0.3 is 6.18 Å². The summed E-state index contributed by atoms with van der Waals surface area (Å²) in [6.45, 7) is 2.34. The number of ketones is 1. The molecule has 1 atom stereocenters. The molecule has 0 aliphatic carbocycles. The van der Waals surface area contributed by atoms with Crippen molar-refractivity contribution in [2.45, 2.75) is 32.0 Å². The summed E-state index contributed by atoms with van der Waals surface area (Å²) in [7, 11) is 0. The van der Waals surface area contributed by atoms with E-state index in [4.69, 9.17) is 23.2 Å². The number of imidazole rings is 1. The fourth-order valence-corrected chi connectivity index (χ4v) is 3.49. The summed E-state index contributed by atoms with van der Waals surface area (Å²) in [6.07, 6.45) is -0.910. The number of halogens is 5. The van der Waals surface area contributed by atoms with E-state index in [9.17, 15) is 18.0 Å². The van der Waals surface area contributed by atoms with Gasteiger partial charge in [-0.1, -0.05) is 54.4 Å². The molecule has 0 bridgehead atoms. The molecule has 3 aromatic rings. The van der Waals surface area contributed by atoms with Gasteiger partial charge in [-0.15, -0.1) is 0 Å². The van der Waals surface area contributed by atoms with Crippen LogP contribution in [0.1, 0.15) is 46.6 Å². The molecule has 0 fully saturated rings. The predicted molar refractivity (Wildman–Crippen MR) is 107 cm³/mol. The normalized spacial score (nSPS) is 12.8. The van der Waals surface area contributed by atoms with Crippen molar-refractivity contribution >= 4 is 29.0 Å². The summed E-state index contributed by atoms with van der Waals surface area (Å²) in [5.74, 6) is -0.837. The fraction of sp³-hybridized carbons (Fsp3) is 0.238. The van der Waals surface area contributed by atoms with Crippen LogP contribution in [0.3, 0.4) is 0 Å². The lowest BCUT2D eigenvalue weighted by atomic mass is 9.96. The smallest absolute Gasteiger partial charge is 0.328 e. The SMILES string of the molecule is CCC(Cn1ccnc1C(=O)c1ccccc1C(F)(F)F)c1ccc(Cl)c(Cl)c1. The Hall–Kier alpha value is -2.31. The zero-order valence-corrected chi connectivity index (χ0v) is 16.9. The van der Waals surface area contributed by atoms with Gasteiger partial charge in [-0.3, -0.25) is 4.79 Å². The fourth-order valence-electron chi connectivity index (χ4n) is 3.19. The van der Waals surface area contributed by atoms with Crippen molar-refractivity contribution in [1.82, 2.24) is 9.55 Å². The third-order valence-electron chi connectivity index (χ3n) is 4.72. The quantitative estimate of drug-likeness (QED) is 0.403. The van der Waals surface area contributed by atoms with E-state index in [2.05, 4.69) is 4.98 Å². The van der Waals surface area contributed by atoms with Crippen molar-refractivity contribution in [2.24, 2.45) is 0 Å². The van der Waals surface area contributed by atoms with Gasteiger partial charge in [0.25, 0.3) is 0 Å². The average molecular weight is 441 g/mol. The predicted octanol–water partition coefficient (Wildman–Crippen LogP) is 6.63. The third kappa shape index (κ3) is 4.65. The van der Waals surface area contributed by atoms with Crippen LogP contribution < -0.4 is 0 Å². The maximum Gasteiger partial charge on any atom is 0.417 e. The highest BCUT2D eigenvalue weighted by Gasteiger charge is 2.35. The molecule has 1 aromatic heterocycles. The van der Waals surface area contributed by atoms with Crippen LogP contribution >= 0.6 is 23.2 Å². The first-order valence-corrected chi connectivity index (χ1v) is 9.65. The van der Waals surface area contributed by atoms with Crippen LogP contribution in [0, 0.1) is 0 Å². The minimum Gasteiger partial charge on any atom is -0.328 e. The topological polar surface area (TPSA) is 34.9 Å².